The summed E-state index contributed by atoms with van der Waals surface area (Å²) in [5.74, 6) is -1.49. The van der Waals surface area contributed by atoms with E-state index in [-0.39, 0.29) is 32.6 Å². The Morgan fingerprint density at radius 3 is 1.39 bits per heavy atom. The highest BCUT2D eigenvalue weighted by atomic mass is 31.2. The Balaban J connectivity index is 4.41. The van der Waals surface area contributed by atoms with Crippen LogP contribution in [-0.4, -0.2) is 61.8 Å². The van der Waals surface area contributed by atoms with Crippen LogP contribution in [0.2, 0.25) is 0 Å². The lowest BCUT2D eigenvalue weighted by atomic mass is 10.0. The molecule has 0 spiro atoms. The highest BCUT2D eigenvalue weighted by molar-refractivity contribution is 7.47. The molecule has 0 rings (SSSR count). The van der Waals surface area contributed by atoms with Crippen LogP contribution in [0.1, 0.15) is 219 Å². The van der Waals surface area contributed by atoms with E-state index in [1.165, 1.54) is 141 Å². The van der Waals surface area contributed by atoms with Crippen molar-refractivity contribution in [1.82, 2.24) is 5.32 Å². The maximum atomic E-state index is 12.7. The number of phosphoric ester groups is 1. The molecule has 1 amide bonds. The van der Waals surface area contributed by atoms with E-state index in [1.54, 1.807) is 0 Å². The van der Waals surface area contributed by atoms with Crippen LogP contribution in [0.5, 0.6) is 0 Å². The highest BCUT2D eigenvalue weighted by Crippen LogP contribution is 2.43. The van der Waals surface area contributed by atoms with Gasteiger partial charge in [-0.3, -0.25) is 23.4 Å². The normalized spacial score (nSPS) is 12.8. The van der Waals surface area contributed by atoms with Crippen molar-refractivity contribution in [2.75, 3.05) is 32.9 Å². The van der Waals surface area contributed by atoms with E-state index in [4.69, 9.17) is 24.1 Å². The number of nitrogens with zero attached hydrogens (tertiary/aromatic N) is 3. The number of amides is 1. The van der Waals surface area contributed by atoms with E-state index in [1.807, 2.05) is 0 Å². The molecule has 0 saturated heterocycles. The van der Waals surface area contributed by atoms with Crippen LogP contribution in [0.25, 0.3) is 10.4 Å². The zero-order valence-corrected chi connectivity index (χ0v) is 37.1. The second-order valence-corrected chi connectivity index (χ2v) is 17.0. The van der Waals surface area contributed by atoms with Crippen LogP contribution in [0.15, 0.2) is 5.11 Å². The van der Waals surface area contributed by atoms with Gasteiger partial charge < -0.3 is 19.7 Å². The summed E-state index contributed by atoms with van der Waals surface area (Å²) >= 11 is 0. The molecule has 14 heteroatoms. The molecule has 0 aromatic rings. The van der Waals surface area contributed by atoms with Gasteiger partial charge in [0, 0.05) is 24.3 Å². The first kappa shape index (κ1) is 54.8. The number of azide groups is 1. The average molecular weight is 831 g/mol. The summed E-state index contributed by atoms with van der Waals surface area (Å²) in [6.45, 7) is 2.79. The molecule has 0 aromatic heterocycles. The van der Waals surface area contributed by atoms with Crippen LogP contribution >= 0.6 is 7.82 Å². The lowest BCUT2D eigenvalue weighted by Gasteiger charge is -2.20. The molecular weight excluding hydrogens is 747 g/mol. The van der Waals surface area contributed by atoms with Gasteiger partial charge in [0.25, 0.3) is 0 Å². The summed E-state index contributed by atoms with van der Waals surface area (Å²) in [7, 11) is -4.58. The molecular formula is C43H83N4O9P. The molecule has 2 N–H and O–H groups in total. The van der Waals surface area contributed by atoms with Gasteiger partial charge in [-0.2, -0.15) is 0 Å². The molecule has 0 aliphatic carbocycles. The molecule has 0 saturated carbocycles. The van der Waals surface area contributed by atoms with Crippen molar-refractivity contribution in [2.45, 2.75) is 225 Å². The van der Waals surface area contributed by atoms with Crippen molar-refractivity contribution < 1.29 is 42.4 Å². The molecule has 334 valence electrons. The first-order valence-corrected chi connectivity index (χ1v) is 24.5. The smallest absolute Gasteiger partial charge is 0.462 e. The number of carbonyl (C=O) groups is 3. The number of carbonyl (C=O) groups excluding carboxylic acids is 3. The van der Waals surface area contributed by atoms with Crippen molar-refractivity contribution in [2.24, 2.45) is 5.11 Å². The van der Waals surface area contributed by atoms with Crippen molar-refractivity contribution in [3.8, 4) is 0 Å². The van der Waals surface area contributed by atoms with E-state index >= 15 is 0 Å². The Morgan fingerprint density at radius 2 is 0.982 bits per heavy atom. The number of unbranched alkanes of at least 4 members (excludes halogenated alkanes) is 28. The van der Waals surface area contributed by atoms with E-state index in [0.717, 1.165) is 38.5 Å². The summed E-state index contributed by atoms with van der Waals surface area (Å²) < 4.78 is 33.3. The summed E-state index contributed by atoms with van der Waals surface area (Å²) in [4.78, 5) is 49.3. The second kappa shape index (κ2) is 42.0. The first-order valence-electron chi connectivity index (χ1n) is 23.0. The van der Waals surface area contributed by atoms with Gasteiger partial charge in [-0.15, -0.1) is 0 Å². The zero-order chi connectivity index (χ0) is 41.9. The quantitative estimate of drug-likeness (QED) is 0.0150. The lowest BCUT2D eigenvalue weighted by molar-refractivity contribution is -0.161. The number of phosphoric acid groups is 1. The van der Waals surface area contributed by atoms with Gasteiger partial charge >= 0.3 is 19.8 Å². The van der Waals surface area contributed by atoms with Gasteiger partial charge in [-0.25, -0.2) is 4.57 Å². The molecule has 0 aliphatic rings. The van der Waals surface area contributed by atoms with Gasteiger partial charge in [-0.1, -0.05) is 199 Å². The van der Waals surface area contributed by atoms with Crippen molar-refractivity contribution in [3.63, 3.8) is 0 Å². The Morgan fingerprint density at radius 1 is 0.596 bits per heavy atom. The molecule has 0 radical (unpaired) electrons. The molecule has 2 atom stereocenters. The largest absolute Gasteiger partial charge is 0.472 e. The summed E-state index contributed by atoms with van der Waals surface area (Å²) in [6.07, 6.45) is 36.0. The Bertz CT molecular complexity index is 1060. The maximum absolute atomic E-state index is 12.7. The number of nitrogens with one attached hydrogen (secondary N) is 1. The van der Waals surface area contributed by atoms with Gasteiger partial charge in [0.2, 0.25) is 5.91 Å². The SMILES string of the molecule is CCCCCCCCCCCCCCCCCC(=O)OCC(COP(=O)(O)OCCNC(=O)CN=[N+]=[N-])OC(=O)CCCCCCCCCCCCCCCCC. The number of ether oxygens (including phenoxy) is 2. The predicted molar refractivity (Wildman–Crippen MR) is 229 cm³/mol. The van der Waals surface area contributed by atoms with Crippen LogP contribution in [-0.2, 0) is 37.5 Å². The highest BCUT2D eigenvalue weighted by Gasteiger charge is 2.26. The molecule has 0 aliphatic heterocycles. The summed E-state index contributed by atoms with van der Waals surface area (Å²) in [5.41, 5.74) is 8.29. The molecule has 57 heavy (non-hydrogen) atoms. The third kappa shape index (κ3) is 41.8. The van der Waals surface area contributed by atoms with Crippen molar-refractivity contribution in [1.29, 1.82) is 0 Å². The number of hydrogen-bond acceptors (Lipinski definition) is 9. The van der Waals surface area contributed by atoms with E-state index in [2.05, 4.69) is 29.2 Å². The van der Waals surface area contributed by atoms with Gasteiger partial charge in [0.1, 0.15) is 13.2 Å². The molecule has 0 fully saturated rings. The van der Waals surface area contributed by atoms with E-state index in [0.29, 0.717) is 12.8 Å². The third-order valence-corrected chi connectivity index (χ3v) is 11.1. The van der Waals surface area contributed by atoms with Gasteiger partial charge in [0.15, 0.2) is 6.10 Å². The van der Waals surface area contributed by atoms with Gasteiger partial charge in [-0.05, 0) is 18.4 Å². The average Bonchev–Trinajstić information content (AvgIpc) is 3.19. The summed E-state index contributed by atoms with van der Waals surface area (Å²) in [6, 6.07) is 0. The van der Waals surface area contributed by atoms with Crippen LogP contribution < -0.4 is 5.32 Å². The Kier molecular flexibility index (Phi) is 40.4. The fraction of sp³-hybridized carbons (Fsp3) is 0.930. The maximum Gasteiger partial charge on any atom is 0.472 e. The van der Waals surface area contributed by atoms with E-state index in [9.17, 15) is 23.8 Å². The molecule has 0 bridgehead atoms. The fourth-order valence-electron chi connectivity index (χ4n) is 6.62. The van der Waals surface area contributed by atoms with Crippen LogP contribution in [0.3, 0.4) is 0 Å². The van der Waals surface area contributed by atoms with Gasteiger partial charge in [0.05, 0.1) is 13.2 Å². The fourth-order valence-corrected chi connectivity index (χ4v) is 7.37. The molecule has 13 nitrogen and oxygen atoms in total. The number of hydrogen-bond donors (Lipinski definition) is 2. The molecule has 0 heterocycles. The van der Waals surface area contributed by atoms with E-state index < -0.39 is 44.9 Å². The Labute approximate surface area is 346 Å². The zero-order valence-electron chi connectivity index (χ0n) is 36.2. The topological polar surface area (TPSA) is 186 Å². The van der Waals surface area contributed by atoms with Crippen molar-refractivity contribution >= 4 is 25.7 Å². The van der Waals surface area contributed by atoms with Crippen LogP contribution in [0, 0.1) is 0 Å². The lowest BCUT2D eigenvalue weighted by Crippen LogP contribution is -2.30. The predicted octanol–water partition coefficient (Wildman–Crippen LogP) is 12.5. The number of rotatable bonds is 44. The molecule has 0 aromatic carbocycles. The standard InChI is InChI=1S/C43H83N4O9P/c1-3-5-7-9-11-13-15-17-19-21-23-25-27-29-31-33-42(49)53-38-40(39-55-57(51,52)54-36-35-45-41(48)37-46-47-44)56-43(50)34-32-30-28-26-24-22-20-18-16-14-12-10-8-6-4-2/h40H,3-39H2,1-2H3,(H,45,48)(H,51,52). The minimum Gasteiger partial charge on any atom is -0.462 e. The first-order chi connectivity index (χ1) is 27.7. The second-order valence-electron chi connectivity index (χ2n) is 15.5. The summed E-state index contributed by atoms with van der Waals surface area (Å²) in [5, 5.41) is 5.50. The molecule has 2 unspecified atom stereocenters. The van der Waals surface area contributed by atoms with Crippen molar-refractivity contribution in [3.05, 3.63) is 10.4 Å². The minimum atomic E-state index is -4.58. The minimum absolute atomic E-state index is 0.123. The third-order valence-electron chi connectivity index (χ3n) is 10.1. The Hall–Kier alpha value is -2.17. The monoisotopic (exact) mass is 831 g/mol. The number of esters is 2. The van der Waals surface area contributed by atoms with Crippen LogP contribution in [0.4, 0.5) is 0 Å².